The molecular formula is C9H9ClN2O2. The molecule has 0 aliphatic carbocycles. The Kier molecular flexibility index (Phi) is 3.55. The highest BCUT2D eigenvalue weighted by atomic mass is 35.5. The Labute approximate surface area is 86.5 Å². The largest absolute Gasteiger partial charge is 0.452 e. The lowest BCUT2D eigenvalue weighted by molar-refractivity contribution is 0.0950. The molecule has 0 radical (unpaired) electrons. The normalized spacial score (nSPS) is 11.8. The lowest BCUT2D eigenvalue weighted by atomic mass is 10.2. The molecule has 0 saturated heterocycles. The van der Waals surface area contributed by atoms with Crippen LogP contribution >= 0.6 is 11.6 Å². The van der Waals surface area contributed by atoms with Gasteiger partial charge in [0, 0.05) is 6.54 Å². The van der Waals surface area contributed by atoms with E-state index in [1.54, 1.807) is 6.92 Å². The molecule has 0 aromatic carbocycles. The van der Waals surface area contributed by atoms with Gasteiger partial charge >= 0.3 is 0 Å². The number of halogens is 1. The third-order valence-electron chi connectivity index (χ3n) is 1.65. The van der Waals surface area contributed by atoms with Crippen LogP contribution in [0.4, 0.5) is 0 Å². The topological polar surface area (TPSA) is 66.0 Å². The second-order valence-electron chi connectivity index (χ2n) is 2.85. The van der Waals surface area contributed by atoms with E-state index >= 15 is 0 Å². The van der Waals surface area contributed by atoms with Gasteiger partial charge in [0.15, 0.2) is 0 Å². The Balaban J connectivity index is 2.53. The number of nitrogens with zero attached hydrogens (tertiary/aromatic N) is 1. The molecule has 5 heteroatoms. The van der Waals surface area contributed by atoms with Crippen molar-refractivity contribution in [2.24, 2.45) is 5.92 Å². The number of carbonyl (C=O) groups is 1. The van der Waals surface area contributed by atoms with Crippen molar-refractivity contribution in [1.29, 1.82) is 5.26 Å². The summed E-state index contributed by atoms with van der Waals surface area (Å²) in [7, 11) is 0. The average Bonchev–Trinajstić information content (AvgIpc) is 2.60. The molecule has 1 amide bonds. The molecule has 1 unspecified atom stereocenters. The maximum absolute atomic E-state index is 11.4. The van der Waals surface area contributed by atoms with Gasteiger partial charge in [-0.2, -0.15) is 5.26 Å². The molecule has 0 fully saturated rings. The SMILES string of the molecule is CC(C#N)CNC(=O)c1ccoc1Cl. The third kappa shape index (κ3) is 2.51. The highest BCUT2D eigenvalue weighted by Crippen LogP contribution is 2.16. The van der Waals surface area contributed by atoms with Crippen molar-refractivity contribution in [3.05, 3.63) is 23.1 Å². The van der Waals surface area contributed by atoms with Crippen LogP contribution in [0.15, 0.2) is 16.7 Å². The van der Waals surface area contributed by atoms with Gasteiger partial charge in [0.05, 0.1) is 23.8 Å². The van der Waals surface area contributed by atoms with E-state index in [0.717, 1.165) is 0 Å². The van der Waals surface area contributed by atoms with Gasteiger partial charge in [-0.25, -0.2) is 0 Å². The molecule has 1 N–H and O–H groups in total. The fourth-order valence-electron chi connectivity index (χ4n) is 0.842. The second kappa shape index (κ2) is 4.68. The summed E-state index contributed by atoms with van der Waals surface area (Å²) in [4.78, 5) is 11.4. The van der Waals surface area contributed by atoms with E-state index in [1.807, 2.05) is 6.07 Å². The monoisotopic (exact) mass is 212 g/mol. The Morgan fingerprint density at radius 1 is 1.86 bits per heavy atom. The second-order valence-corrected chi connectivity index (χ2v) is 3.19. The molecule has 1 rings (SSSR count). The fraction of sp³-hybridized carbons (Fsp3) is 0.333. The molecule has 0 saturated carbocycles. The number of nitrogens with one attached hydrogen (secondary N) is 1. The van der Waals surface area contributed by atoms with Gasteiger partial charge in [-0.3, -0.25) is 4.79 Å². The van der Waals surface area contributed by atoms with E-state index in [2.05, 4.69) is 5.32 Å². The minimum atomic E-state index is -0.328. The van der Waals surface area contributed by atoms with Crippen LogP contribution in [-0.4, -0.2) is 12.5 Å². The average molecular weight is 213 g/mol. The molecule has 0 spiro atoms. The quantitative estimate of drug-likeness (QED) is 0.831. The lowest BCUT2D eigenvalue weighted by Crippen LogP contribution is -2.27. The summed E-state index contributed by atoms with van der Waals surface area (Å²) in [5, 5.41) is 11.1. The summed E-state index contributed by atoms with van der Waals surface area (Å²) >= 11 is 5.59. The van der Waals surface area contributed by atoms with Gasteiger partial charge in [-0.05, 0) is 24.6 Å². The van der Waals surface area contributed by atoms with Crippen molar-refractivity contribution in [1.82, 2.24) is 5.32 Å². The number of furan rings is 1. The number of carbonyl (C=O) groups excluding carboxylic acids is 1. The van der Waals surface area contributed by atoms with Crippen molar-refractivity contribution < 1.29 is 9.21 Å². The highest BCUT2D eigenvalue weighted by molar-refractivity contribution is 6.32. The third-order valence-corrected chi connectivity index (χ3v) is 1.94. The first-order valence-corrected chi connectivity index (χ1v) is 4.43. The Bertz CT molecular complexity index is 367. The minimum absolute atomic E-state index is 0.0621. The van der Waals surface area contributed by atoms with E-state index < -0.39 is 0 Å². The highest BCUT2D eigenvalue weighted by Gasteiger charge is 2.13. The summed E-state index contributed by atoms with van der Waals surface area (Å²) in [5.74, 6) is -0.546. The van der Waals surface area contributed by atoms with Crippen LogP contribution in [0.3, 0.4) is 0 Å². The standard InChI is InChI=1S/C9H9ClN2O2/c1-6(4-11)5-12-9(13)7-2-3-14-8(7)10/h2-3,6H,5H2,1H3,(H,12,13). The van der Waals surface area contributed by atoms with Crippen molar-refractivity contribution in [3.63, 3.8) is 0 Å². The zero-order valence-electron chi connectivity index (χ0n) is 7.58. The predicted octanol–water partition coefficient (Wildman–Crippen LogP) is 1.82. The van der Waals surface area contributed by atoms with Gasteiger partial charge in [0.2, 0.25) is 5.22 Å². The first-order valence-electron chi connectivity index (χ1n) is 4.06. The summed E-state index contributed by atoms with van der Waals surface area (Å²) in [6.45, 7) is 2.02. The molecule has 14 heavy (non-hydrogen) atoms. The summed E-state index contributed by atoms with van der Waals surface area (Å²) in [6, 6.07) is 3.49. The number of hydrogen-bond acceptors (Lipinski definition) is 3. The van der Waals surface area contributed by atoms with Gasteiger partial charge in [-0.15, -0.1) is 0 Å². The Hall–Kier alpha value is -1.47. The van der Waals surface area contributed by atoms with Gasteiger partial charge in [0.25, 0.3) is 5.91 Å². The van der Waals surface area contributed by atoms with E-state index in [9.17, 15) is 4.79 Å². The van der Waals surface area contributed by atoms with Crippen molar-refractivity contribution in [2.75, 3.05) is 6.54 Å². The van der Waals surface area contributed by atoms with Crippen LogP contribution in [0.2, 0.25) is 5.22 Å². The molecule has 1 aromatic rings. The Morgan fingerprint density at radius 2 is 2.57 bits per heavy atom. The van der Waals surface area contributed by atoms with E-state index in [1.165, 1.54) is 12.3 Å². The summed E-state index contributed by atoms with van der Waals surface area (Å²) < 4.78 is 4.76. The maximum Gasteiger partial charge on any atom is 0.256 e. The van der Waals surface area contributed by atoms with Crippen LogP contribution in [0.1, 0.15) is 17.3 Å². The summed E-state index contributed by atoms with van der Waals surface area (Å²) in [6.07, 6.45) is 1.34. The van der Waals surface area contributed by atoms with Crippen LogP contribution in [0, 0.1) is 17.2 Å². The molecule has 0 aliphatic rings. The molecule has 4 nitrogen and oxygen atoms in total. The molecular weight excluding hydrogens is 204 g/mol. The van der Waals surface area contributed by atoms with E-state index in [-0.39, 0.29) is 22.6 Å². The van der Waals surface area contributed by atoms with E-state index in [4.69, 9.17) is 21.3 Å². The first-order chi connectivity index (χ1) is 6.65. The molecule has 0 aliphatic heterocycles. The zero-order valence-corrected chi connectivity index (χ0v) is 8.34. The van der Waals surface area contributed by atoms with Gasteiger partial charge in [0.1, 0.15) is 0 Å². The van der Waals surface area contributed by atoms with Crippen LogP contribution in [-0.2, 0) is 0 Å². The first kappa shape index (κ1) is 10.6. The van der Waals surface area contributed by atoms with Gasteiger partial charge < -0.3 is 9.73 Å². The van der Waals surface area contributed by atoms with Crippen LogP contribution < -0.4 is 5.32 Å². The molecule has 0 bridgehead atoms. The van der Waals surface area contributed by atoms with Crippen LogP contribution in [0.25, 0.3) is 0 Å². The molecule has 74 valence electrons. The van der Waals surface area contributed by atoms with Crippen molar-refractivity contribution >= 4 is 17.5 Å². The Morgan fingerprint density at radius 3 is 3.07 bits per heavy atom. The molecule has 1 heterocycles. The number of nitriles is 1. The minimum Gasteiger partial charge on any atom is -0.452 e. The van der Waals surface area contributed by atoms with Crippen molar-refractivity contribution in [2.45, 2.75) is 6.92 Å². The molecule has 1 aromatic heterocycles. The van der Waals surface area contributed by atoms with Gasteiger partial charge in [-0.1, -0.05) is 0 Å². The molecule has 1 atom stereocenters. The zero-order chi connectivity index (χ0) is 10.6. The van der Waals surface area contributed by atoms with Crippen molar-refractivity contribution in [3.8, 4) is 6.07 Å². The number of hydrogen-bond donors (Lipinski definition) is 1. The van der Waals surface area contributed by atoms with Crippen LogP contribution in [0.5, 0.6) is 0 Å². The number of rotatable bonds is 3. The summed E-state index contributed by atoms with van der Waals surface area (Å²) in [5.41, 5.74) is 0.289. The lowest BCUT2D eigenvalue weighted by Gasteiger charge is -2.04. The number of amides is 1. The van der Waals surface area contributed by atoms with E-state index in [0.29, 0.717) is 6.54 Å². The predicted molar refractivity (Wildman–Crippen MR) is 50.8 cm³/mol. The smallest absolute Gasteiger partial charge is 0.256 e. The fourth-order valence-corrected chi connectivity index (χ4v) is 1.04. The maximum atomic E-state index is 11.4.